The van der Waals surface area contributed by atoms with Crippen LogP contribution in [0, 0.1) is 12.3 Å². The molecule has 0 spiro atoms. The maximum atomic E-state index is 12.7. The van der Waals surface area contributed by atoms with Crippen molar-refractivity contribution >= 4 is 23.1 Å². The molecule has 0 aromatic carbocycles. The van der Waals surface area contributed by atoms with Crippen molar-refractivity contribution in [2.75, 3.05) is 7.05 Å². The van der Waals surface area contributed by atoms with Gasteiger partial charge in [-0.3, -0.25) is 4.79 Å². The van der Waals surface area contributed by atoms with Gasteiger partial charge in [-0.05, 0) is 19.8 Å². The summed E-state index contributed by atoms with van der Waals surface area (Å²) >= 11 is 1.56. The normalized spacial score (nSPS) is 18.2. The van der Waals surface area contributed by atoms with E-state index in [1.165, 1.54) is 0 Å². The molecule has 1 aliphatic rings. The number of aromatic nitrogens is 1. The molecular formula is C13H20N4O2S. The summed E-state index contributed by atoms with van der Waals surface area (Å²) < 4.78 is 0. The first-order valence-electron chi connectivity index (χ1n) is 6.64. The maximum Gasteiger partial charge on any atom is 0.236 e. The van der Waals surface area contributed by atoms with Crippen molar-refractivity contribution in [1.29, 1.82) is 0 Å². The lowest BCUT2D eigenvalue weighted by Crippen LogP contribution is -2.48. The minimum atomic E-state index is -0.839. The molecule has 110 valence electrons. The van der Waals surface area contributed by atoms with Crippen molar-refractivity contribution in [3.05, 3.63) is 16.1 Å². The molecule has 1 amide bonds. The summed E-state index contributed by atoms with van der Waals surface area (Å²) in [4.78, 5) is 18.7. The number of hydrogen-bond acceptors (Lipinski definition) is 5. The minimum Gasteiger partial charge on any atom is -0.409 e. The van der Waals surface area contributed by atoms with E-state index >= 15 is 0 Å². The van der Waals surface area contributed by atoms with Crippen molar-refractivity contribution in [3.8, 4) is 0 Å². The molecule has 0 saturated heterocycles. The molecule has 1 aliphatic carbocycles. The first-order valence-corrected chi connectivity index (χ1v) is 7.52. The van der Waals surface area contributed by atoms with Crippen LogP contribution < -0.4 is 5.73 Å². The van der Waals surface area contributed by atoms with Crippen LogP contribution in [0.2, 0.25) is 0 Å². The van der Waals surface area contributed by atoms with Crippen LogP contribution in [0.3, 0.4) is 0 Å². The third kappa shape index (κ3) is 2.63. The highest BCUT2D eigenvalue weighted by Gasteiger charge is 2.46. The summed E-state index contributed by atoms with van der Waals surface area (Å²) in [7, 11) is 1.74. The van der Waals surface area contributed by atoms with E-state index < -0.39 is 5.41 Å². The van der Waals surface area contributed by atoms with E-state index in [1.54, 1.807) is 23.3 Å². The van der Waals surface area contributed by atoms with E-state index in [0.717, 1.165) is 23.5 Å². The molecule has 0 unspecified atom stereocenters. The monoisotopic (exact) mass is 296 g/mol. The van der Waals surface area contributed by atoms with Gasteiger partial charge in [0.05, 0.1) is 17.2 Å². The molecule has 20 heavy (non-hydrogen) atoms. The smallest absolute Gasteiger partial charge is 0.236 e. The lowest BCUT2D eigenvalue weighted by Gasteiger charge is -2.30. The van der Waals surface area contributed by atoms with E-state index in [4.69, 9.17) is 10.9 Å². The van der Waals surface area contributed by atoms with Crippen LogP contribution in [0.25, 0.3) is 0 Å². The topological polar surface area (TPSA) is 91.8 Å². The highest BCUT2D eigenvalue weighted by atomic mass is 32.1. The number of oxime groups is 1. The number of nitrogens with zero attached hydrogens (tertiary/aromatic N) is 3. The quantitative estimate of drug-likeness (QED) is 0.383. The van der Waals surface area contributed by atoms with Crippen molar-refractivity contribution in [2.45, 2.75) is 39.2 Å². The van der Waals surface area contributed by atoms with Crippen LogP contribution in [-0.4, -0.2) is 33.9 Å². The molecule has 2 rings (SSSR count). The Bertz CT molecular complexity index is 520. The Morgan fingerprint density at radius 1 is 1.60 bits per heavy atom. The predicted octanol–water partition coefficient (Wildman–Crippen LogP) is 1.72. The SMILES string of the molecule is Cc1nc(CN(C)C(=O)C2(C(N)=NO)CCCC2)cs1. The number of hydrogen-bond donors (Lipinski definition) is 2. The van der Waals surface area contributed by atoms with Gasteiger partial charge >= 0.3 is 0 Å². The Morgan fingerprint density at radius 2 is 2.25 bits per heavy atom. The van der Waals surface area contributed by atoms with E-state index in [1.807, 2.05) is 12.3 Å². The zero-order chi connectivity index (χ0) is 14.8. The first kappa shape index (κ1) is 14.8. The predicted molar refractivity (Wildman–Crippen MR) is 77.6 cm³/mol. The fourth-order valence-corrected chi connectivity index (χ4v) is 3.42. The summed E-state index contributed by atoms with van der Waals surface area (Å²) in [6.07, 6.45) is 3.13. The molecule has 1 aromatic heterocycles. The molecule has 1 fully saturated rings. The highest BCUT2D eigenvalue weighted by molar-refractivity contribution is 7.09. The second-order valence-electron chi connectivity index (χ2n) is 5.29. The van der Waals surface area contributed by atoms with Crippen LogP contribution in [0.4, 0.5) is 0 Å². The van der Waals surface area contributed by atoms with Gasteiger partial charge in [-0.15, -0.1) is 11.3 Å². The summed E-state index contributed by atoms with van der Waals surface area (Å²) in [6, 6.07) is 0. The van der Waals surface area contributed by atoms with E-state index in [9.17, 15) is 4.79 Å². The van der Waals surface area contributed by atoms with Gasteiger partial charge in [0.2, 0.25) is 5.91 Å². The van der Waals surface area contributed by atoms with Gasteiger partial charge in [0.1, 0.15) is 5.41 Å². The van der Waals surface area contributed by atoms with E-state index in [2.05, 4.69) is 10.1 Å². The summed E-state index contributed by atoms with van der Waals surface area (Å²) in [5, 5.41) is 15.0. The van der Waals surface area contributed by atoms with E-state index in [0.29, 0.717) is 19.4 Å². The van der Waals surface area contributed by atoms with Gasteiger partial charge in [0.15, 0.2) is 5.84 Å². The fraction of sp³-hybridized carbons (Fsp3) is 0.615. The third-order valence-corrected chi connectivity index (χ3v) is 4.70. The van der Waals surface area contributed by atoms with Crippen LogP contribution in [0.5, 0.6) is 0 Å². The van der Waals surface area contributed by atoms with Crippen molar-refractivity contribution in [3.63, 3.8) is 0 Å². The fourth-order valence-electron chi connectivity index (χ4n) is 2.81. The highest BCUT2D eigenvalue weighted by Crippen LogP contribution is 2.40. The number of amides is 1. The Balaban J connectivity index is 2.15. The average Bonchev–Trinajstić information content (AvgIpc) is 3.07. The number of carbonyl (C=O) groups is 1. The molecule has 0 radical (unpaired) electrons. The minimum absolute atomic E-state index is 0.0290. The van der Waals surface area contributed by atoms with Crippen molar-refractivity contribution in [2.24, 2.45) is 16.3 Å². The van der Waals surface area contributed by atoms with Gasteiger partial charge in [0.25, 0.3) is 0 Å². The van der Waals surface area contributed by atoms with Gasteiger partial charge in [-0.25, -0.2) is 4.98 Å². The molecule has 0 bridgehead atoms. The summed E-state index contributed by atoms with van der Waals surface area (Å²) in [5.74, 6) is -0.0581. The average molecular weight is 296 g/mol. The molecule has 1 aromatic rings. The van der Waals surface area contributed by atoms with Gasteiger partial charge in [-0.2, -0.15) is 0 Å². The lowest BCUT2D eigenvalue weighted by molar-refractivity contribution is -0.137. The standard InChI is InChI=1S/C13H20N4O2S/c1-9-15-10(8-20-9)7-17(2)12(18)13(11(14)16-19)5-3-4-6-13/h8,19H,3-7H2,1-2H3,(H2,14,16). The summed E-state index contributed by atoms with van der Waals surface area (Å²) in [6.45, 7) is 2.38. The Hall–Kier alpha value is -1.63. The maximum absolute atomic E-state index is 12.7. The second kappa shape index (κ2) is 5.78. The molecule has 1 heterocycles. The molecule has 7 heteroatoms. The number of nitrogens with two attached hydrogens (primary N) is 1. The van der Waals surface area contributed by atoms with Crippen LogP contribution >= 0.6 is 11.3 Å². The molecule has 6 nitrogen and oxygen atoms in total. The number of carbonyl (C=O) groups excluding carboxylic acids is 1. The largest absolute Gasteiger partial charge is 0.409 e. The Morgan fingerprint density at radius 3 is 2.75 bits per heavy atom. The van der Waals surface area contributed by atoms with Crippen LogP contribution in [0.15, 0.2) is 10.5 Å². The summed E-state index contributed by atoms with van der Waals surface area (Å²) in [5.41, 5.74) is 5.82. The van der Waals surface area contributed by atoms with Gasteiger partial charge in [0, 0.05) is 12.4 Å². The van der Waals surface area contributed by atoms with Crippen molar-refractivity contribution < 1.29 is 10.0 Å². The van der Waals surface area contributed by atoms with Crippen LogP contribution in [-0.2, 0) is 11.3 Å². The van der Waals surface area contributed by atoms with Gasteiger partial charge < -0.3 is 15.8 Å². The lowest BCUT2D eigenvalue weighted by atomic mass is 9.83. The number of rotatable bonds is 4. The zero-order valence-corrected chi connectivity index (χ0v) is 12.6. The van der Waals surface area contributed by atoms with Gasteiger partial charge in [-0.1, -0.05) is 18.0 Å². The Kier molecular flexibility index (Phi) is 4.27. The second-order valence-corrected chi connectivity index (χ2v) is 6.36. The van der Waals surface area contributed by atoms with Crippen LogP contribution in [0.1, 0.15) is 36.4 Å². The Labute approximate surface area is 122 Å². The third-order valence-electron chi connectivity index (χ3n) is 3.88. The number of amidine groups is 1. The molecule has 1 saturated carbocycles. The van der Waals surface area contributed by atoms with E-state index in [-0.39, 0.29) is 11.7 Å². The zero-order valence-electron chi connectivity index (χ0n) is 11.8. The van der Waals surface area contributed by atoms with Crippen molar-refractivity contribution in [1.82, 2.24) is 9.88 Å². The first-order chi connectivity index (χ1) is 9.49. The number of aryl methyl sites for hydroxylation is 1. The molecule has 0 atom stereocenters. The molecule has 3 N–H and O–H groups in total. The number of thiazole rings is 1. The molecule has 0 aliphatic heterocycles. The molecular weight excluding hydrogens is 276 g/mol.